The second-order valence-electron chi connectivity index (χ2n) is 3.38. The van der Waals surface area contributed by atoms with Crippen LogP contribution in [0.2, 0.25) is 5.02 Å². The third-order valence-electron chi connectivity index (χ3n) is 2.19. The largest absolute Gasteiger partial charge is 0.476 e. The molecule has 82 valence electrons. The molecule has 4 nitrogen and oxygen atoms in total. The van der Waals surface area contributed by atoms with E-state index in [0.29, 0.717) is 10.6 Å². The molecular formula is C11H9ClN2O2. The fraction of sp³-hybridized carbons (Fsp3) is 0.0909. The van der Waals surface area contributed by atoms with Crippen LogP contribution in [0.25, 0.3) is 11.1 Å². The van der Waals surface area contributed by atoms with Crippen molar-refractivity contribution in [1.29, 1.82) is 0 Å². The van der Waals surface area contributed by atoms with Crippen LogP contribution in [0.3, 0.4) is 0 Å². The number of aromatic carboxylic acids is 1. The highest BCUT2D eigenvalue weighted by Crippen LogP contribution is 2.24. The second-order valence-corrected chi connectivity index (χ2v) is 3.81. The van der Waals surface area contributed by atoms with E-state index in [-0.39, 0.29) is 5.69 Å². The number of rotatable bonds is 2. The highest BCUT2D eigenvalue weighted by Gasteiger charge is 2.15. The van der Waals surface area contributed by atoms with Gasteiger partial charge in [-0.05, 0) is 17.7 Å². The average molecular weight is 237 g/mol. The minimum Gasteiger partial charge on any atom is -0.476 e. The van der Waals surface area contributed by atoms with Gasteiger partial charge in [0, 0.05) is 23.8 Å². The van der Waals surface area contributed by atoms with Gasteiger partial charge < -0.3 is 5.11 Å². The van der Waals surface area contributed by atoms with Crippen LogP contribution in [0.15, 0.2) is 30.5 Å². The molecule has 0 saturated carbocycles. The molecule has 0 atom stereocenters. The van der Waals surface area contributed by atoms with E-state index in [1.54, 1.807) is 37.5 Å². The molecule has 0 bridgehead atoms. The van der Waals surface area contributed by atoms with Crippen molar-refractivity contribution in [2.45, 2.75) is 0 Å². The van der Waals surface area contributed by atoms with Gasteiger partial charge >= 0.3 is 5.97 Å². The molecule has 1 aromatic carbocycles. The van der Waals surface area contributed by atoms with E-state index in [1.807, 2.05) is 0 Å². The molecule has 0 unspecified atom stereocenters. The SMILES string of the molecule is Cn1cc(-c2ccc(Cl)cc2)c(C(=O)O)n1. The lowest BCUT2D eigenvalue weighted by Gasteiger charge is -1.98. The van der Waals surface area contributed by atoms with Crippen molar-refractivity contribution in [2.75, 3.05) is 0 Å². The lowest BCUT2D eigenvalue weighted by molar-refractivity contribution is 0.0690. The number of hydrogen-bond donors (Lipinski definition) is 1. The summed E-state index contributed by atoms with van der Waals surface area (Å²) in [5.41, 5.74) is 1.42. The molecule has 0 aliphatic carbocycles. The Balaban J connectivity index is 2.55. The Morgan fingerprint density at radius 1 is 1.38 bits per heavy atom. The normalized spacial score (nSPS) is 10.4. The molecule has 16 heavy (non-hydrogen) atoms. The summed E-state index contributed by atoms with van der Waals surface area (Å²) in [6.45, 7) is 0. The molecule has 0 saturated heterocycles. The topological polar surface area (TPSA) is 55.1 Å². The monoisotopic (exact) mass is 236 g/mol. The van der Waals surface area contributed by atoms with Crippen LogP contribution >= 0.6 is 11.6 Å². The quantitative estimate of drug-likeness (QED) is 0.871. The average Bonchev–Trinajstić information content (AvgIpc) is 2.61. The Labute approximate surface area is 97.1 Å². The zero-order chi connectivity index (χ0) is 11.7. The number of aryl methyl sites for hydroxylation is 1. The summed E-state index contributed by atoms with van der Waals surface area (Å²) in [6.07, 6.45) is 1.67. The van der Waals surface area contributed by atoms with E-state index < -0.39 is 5.97 Å². The first kappa shape index (κ1) is 10.7. The summed E-state index contributed by atoms with van der Waals surface area (Å²) in [5, 5.41) is 13.5. The highest BCUT2D eigenvalue weighted by atomic mass is 35.5. The van der Waals surface area contributed by atoms with E-state index in [4.69, 9.17) is 16.7 Å². The lowest BCUT2D eigenvalue weighted by Crippen LogP contribution is -2.00. The second kappa shape index (κ2) is 3.98. The molecule has 0 spiro atoms. The van der Waals surface area contributed by atoms with Gasteiger partial charge in [-0.15, -0.1) is 0 Å². The molecule has 1 N–H and O–H groups in total. The van der Waals surface area contributed by atoms with Gasteiger partial charge in [-0.1, -0.05) is 23.7 Å². The Morgan fingerprint density at radius 2 is 2.00 bits per heavy atom. The number of carboxylic acids is 1. The standard InChI is InChI=1S/C11H9ClN2O2/c1-14-6-9(10(13-14)11(15)16)7-2-4-8(12)5-3-7/h2-6H,1H3,(H,15,16). The molecule has 2 rings (SSSR count). The summed E-state index contributed by atoms with van der Waals surface area (Å²) in [7, 11) is 1.69. The van der Waals surface area contributed by atoms with E-state index in [2.05, 4.69) is 5.10 Å². The molecule has 0 amide bonds. The van der Waals surface area contributed by atoms with E-state index in [1.165, 1.54) is 4.68 Å². The number of halogens is 1. The molecule has 0 fully saturated rings. The van der Waals surface area contributed by atoms with Gasteiger partial charge in [-0.25, -0.2) is 4.79 Å². The van der Waals surface area contributed by atoms with Crippen LogP contribution in [0.5, 0.6) is 0 Å². The first-order chi connectivity index (χ1) is 7.58. The Morgan fingerprint density at radius 3 is 2.56 bits per heavy atom. The summed E-state index contributed by atoms with van der Waals surface area (Å²) in [5.74, 6) is -1.04. The van der Waals surface area contributed by atoms with E-state index in [0.717, 1.165) is 5.56 Å². The first-order valence-corrected chi connectivity index (χ1v) is 4.98. The zero-order valence-electron chi connectivity index (χ0n) is 8.51. The molecule has 0 aliphatic rings. The number of carboxylic acid groups (broad SMARTS) is 1. The van der Waals surface area contributed by atoms with Crippen LogP contribution in [-0.4, -0.2) is 20.9 Å². The maximum Gasteiger partial charge on any atom is 0.357 e. The highest BCUT2D eigenvalue weighted by molar-refractivity contribution is 6.30. The van der Waals surface area contributed by atoms with Gasteiger partial charge in [0.25, 0.3) is 0 Å². The van der Waals surface area contributed by atoms with Gasteiger partial charge in [0.2, 0.25) is 0 Å². The lowest BCUT2D eigenvalue weighted by atomic mass is 10.1. The van der Waals surface area contributed by atoms with Crippen LogP contribution in [0.1, 0.15) is 10.5 Å². The predicted molar refractivity (Wildman–Crippen MR) is 60.6 cm³/mol. The maximum atomic E-state index is 11.0. The van der Waals surface area contributed by atoms with Crippen molar-refractivity contribution in [3.8, 4) is 11.1 Å². The fourth-order valence-electron chi connectivity index (χ4n) is 1.49. The molecular weight excluding hydrogens is 228 g/mol. The van der Waals surface area contributed by atoms with Crippen molar-refractivity contribution in [1.82, 2.24) is 9.78 Å². The fourth-order valence-corrected chi connectivity index (χ4v) is 1.61. The number of carbonyl (C=O) groups is 1. The molecule has 1 aromatic heterocycles. The minimum atomic E-state index is -1.04. The van der Waals surface area contributed by atoms with Crippen molar-refractivity contribution >= 4 is 17.6 Å². The zero-order valence-corrected chi connectivity index (χ0v) is 9.27. The van der Waals surface area contributed by atoms with Crippen LogP contribution in [0.4, 0.5) is 0 Å². The number of aromatic nitrogens is 2. The number of benzene rings is 1. The molecule has 0 radical (unpaired) electrons. The van der Waals surface area contributed by atoms with Crippen LogP contribution in [0, 0.1) is 0 Å². The minimum absolute atomic E-state index is 0.0461. The number of nitrogens with zero attached hydrogens (tertiary/aromatic N) is 2. The van der Waals surface area contributed by atoms with Crippen molar-refractivity contribution in [3.05, 3.63) is 41.2 Å². The molecule has 2 aromatic rings. The Hall–Kier alpha value is -1.81. The molecule has 5 heteroatoms. The van der Waals surface area contributed by atoms with Gasteiger partial charge in [0.05, 0.1) is 0 Å². The Kier molecular flexibility index (Phi) is 2.66. The summed E-state index contributed by atoms with van der Waals surface area (Å²) in [4.78, 5) is 11.0. The summed E-state index contributed by atoms with van der Waals surface area (Å²) in [6, 6.07) is 6.97. The van der Waals surface area contributed by atoms with Gasteiger partial charge in [-0.2, -0.15) is 5.10 Å². The van der Waals surface area contributed by atoms with E-state index >= 15 is 0 Å². The van der Waals surface area contributed by atoms with Gasteiger partial charge in [0.15, 0.2) is 5.69 Å². The third-order valence-corrected chi connectivity index (χ3v) is 2.44. The molecule has 0 aliphatic heterocycles. The Bertz CT molecular complexity index is 531. The smallest absolute Gasteiger partial charge is 0.357 e. The summed E-state index contributed by atoms with van der Waals surface area (Å²) >= 11 is 5.77. The summed E-state index contributed by atoms with van der Waals surface area (Å²) < 4.78 is 1.48. The van der Waals surface area contributed by atoms with Gasteiger partial charge in [-0.3, -0.25) is 4.68 Å². The maximum absolute atomic E-state index is 11.0. The molecule has 1 heterocycles. The van der Waals surface area contributed by atoms with Crippen molar-refractivity contribution in [2.24, 2.45) is 7.05 Å². The van der Waals surface area contributed by atoms with Crippen molar-refractivity contribution in [3.63, 3.8) is 0 Å². The van der Waals surface area contributed by atoms with E-state index in [9.17, 15) is 4.79 Å². The van der Waals surface area contributed by atoms with Crippen molar-refractivity contribution < 1.29 is 9.90 Å². The first-order valence-electron chi connectivity index (χ1n) is 4.61. The third kappa shape index (κ3) is 1.92. The predicted octanol–water partition coefficient (Wildman–Crippen LogP) is 2.44. The number of hydrogen-bond acceptors (Lipinski definition) is 2. The van der Waals surface area contributed by atoms with Gasteiger partial charge in [0.1, 0.15) is 0 Å². The van der Waals surface area contributed by atoms with Crippen LogP contribution < -0.4 is 0 Å². The van der Waals surface area contributed by atoms with Crippen LogP contribution in [-0.2, 0) is 7.05 Å².